The Kier molecular flexibility index (Phi) is 6.43. The van der Waals surface area contributed by atoms with Crippen LogP contribution in [0.1, 0.15) is 5.56 Å². The van der Waals surface area contributed by atoms with Gasteiger partial charge in [0.2, 0.25) is 15.9 Å². The minimum atomic E-state index is -4.06. The van der Waals surface area contributed by atoms with Crippen molar-refractivity contribution in [2.24, 2.45) is 0 Å². The van der Waals surface area contributed by atoms with Crippen molar-refractivity contribution in [3.8, 4) is 5.75 Å². The van der Waals surface area contributed by atoms with Gasteiger partial charge in [0.15, 0.2) is 0 Å². The van der Waals surface area contributed by atoms with Crippen molar-refractivity contribution in [2.45, 2.75) is 17.9 Å². The van der Waals surface area contributed by atoms with Crippen LogP contribution in [0.15, 0.2) is 53.4 Å². The van der Waals surface area contributed by atoms with E-state index in [0.29, 0.717) is 5.56 Å². The van der Waals surface area contributed by atoms with E-state index < -0.39 is 28.2 Å². The molecule has 10 heteroatoms. The number of hydrogen-bond acceptors (Lipinski definition) is 4. The van der Waals surface area contributed by atoms with Crippen molar-refractivity contribution in [2.75, 3.05) is 26.2 Å². The zero-order valence-electron chi connectivity index (χ0n) is 15.3. The third-order valence-corrected chi connectivity index (χ3v) is 6.48. The summed E-state index contributed by atoms with van der Waals surface area (Å²) >= 11 is 0. The van der Waals surface area contributed by atoms with Gasteiger partial charge < -0.3 is 9.64 Å². The topological polar surface area (TPSA) is 66.9 Å². The van der Waals surface area contributed by atoms with E-state index in [1.54, 1.807) is 0 Å². The first kappa shape index (κ1) is 21.1. The van der Waals surface area contributed by atoms with Gasteiger partial charge in [-0.1, -0.05) is 24.3 Å². The number of amides is 1. The van der Waals surface area contributed by atoms with Gasteiger partial charge in [0.25, 0.3) is 0 Å². The third-order valence-electron chi connectivity index (χ3n) is 4.54. The SMILES string of the molecule is O=C(Cc1ccc(F)cc1)N1CCN(S(=O)(=O)c2ccccc2OC(F)F)CC1. The van der Waals surface area contributed by atoms with Gasteiger partial charge in [0, 0.05) is 26.2 Å². The highest BCUT2D eigenvalue weighted by Crippen LogP contribution is 2.28. The van der Waals surface area contributed by atoms with Crippen molar-refractivity contribution < 1.29 is 31.1 Å². The van der Waals surface area contributed by atoms with Crippen LogP contribution in [-0.4, -0.2) is 56.3 Å². The predicted octanol–water partition coefficient (Wildman–Crippen LogP) is 2.50. The van der Waals surface area contributed by atoms with E-state index in [9.17, 15) is 26.4 Å². The molecule has 1 saturated heterocycles. The largest absolute Gasteiger partial charge is 0.433 e. The standard InChI is InChI=1S/C19H19F3N2O4S/c20-15-7-5-14(6-8-15)13-18(25)23-9-11-24(12-10-23)29(26,27)17-4-2-1-3-16(17)28-19(21)22/h1-8,19H,9-13H2. The fourth-order valence-electron chi connectivity index (χ4n) is 3.06. The number of nitrogens with zero attached hydrogens (tertiary/aromatic N) is 2. The normalized spacial score (nSPS) is 15.5. The summed E-state index contributed by atoms with van der Waals surface area (Å²) in [5.41, 5.74) is 0.657. The number of carbonyl (C=O) groups is 1. The lowest BCUT2D eigenvalue weighted by molar-refractivity contribution is -0.131. The molecule has 2 aromatic carbocycles. The van der Waals surface area contributed by atoms with Gasteiger partial charge in [0.05, 0.1) is 6.42 Å². The van der Waals surface area contributed by atoms with Crippen LogP contribution >= 0.6 is 0 Å². The molecule has 0 bridgehead atoms. The third kappa shape index (κ3) is 5.07. The molecule has 156 valence electrons. The Bertz CT molecular complexity index is 960. The smallest absolute Gasteiger partial charge is 0.387 e. The lowest BCUT2D eigenvalue weighted by Gasteiger charge is -2.34. The second-order valence-electron chi connectivity index (χ2n) is 6.41. The number of carbonyl (C=O) groups excluding carboxylic acids is 1. The molecule has 1 aliphatic rings. The van der Waals surface area contributed by atoms with Crippen molar-refractivity contribution in [3.05, 3.63) is 59.9 Å². The number of rotatable bonds is 6. The molecular weight excluding hydrogens is 409 g/mol. The van der Waals surface area contributed by atoms with Gasteiger partial charge in [-0.3, -0.25) is 4.79 Å². The van der Waals surface area contributed by atoms with Gasteiger partial charge in [-0.25, -0.2) is 12.8 Å². The van der Waals surface area contributed by atoms with E-state index in [1.165, 1.54) is 53.4 Å². The van der Waals surface area contributed by atoms with Crippen LogP contribution in [0.25, 0.3) is 0 Å². The molecule has 0 atom stereocenters. The van der Waals surface area contributed by atoms with Crippen molar-refractivity contribution in [1.82, 2.24) is 9.21 Å². The van der Waals surface area contributed by atoms with Crippen molar-refractivity contribution in [1.29, 1.82) is 0 Å². The summed E-state index contributed by atoms with van der Waals surface area (Å²) in [6.45, 7) is -2.76. The van der Waals surface area contributed by atoms with Crippen LogP contribution < -0.4 is 4.74 Å². The summed E-state index contributed by atoms with van der Waals surface area (Å²) in [5, 5.41) is 0. The summed E-state index contributed by atoms with van der Waals surface area (Å²) in [6, 6.07) is 10.8. The van der Waals surface area contributed by atoms with Crippen molar-refractivity contribution >= 4 is 15.9 Å². The van der Waals surface area contributed by atoms with E-state index >= 15 is 0 Å². The summed E-state index contributed by atoms with van der Waals surface area (Å²) in [5.74, 6) is -1.01. The predicted molar refractivity (Wildman–Crippen MR) is 98.5 cm³/mol. The molecule has 0 radical (unpaired) electrons. The molecule has 1 amide bonds. The summed E-state index contributed by atoms with van der Waals surface area (Å²) < 4.78 is 69.3. The quantitative estimate of drug-likeness (QED) is 0.709. The molecule has 0 N–H and O–H groups in total. The minimum Gasteiger partial charge on any atom is -0.433 e. The van der Waals surface area contributed by atoms with Crippen LogP contribution in [0.3, 0.4) is 0 Å². The molecule has 0 spiro atoms. The summed E-state index contributed by atoms with van der Waals surface area (Å²) in [7, 11) is -4.06. The first-order valence-corrected chi connectivity index (χ1v) is 10.3. The average molecular weight is 428 g/mol. The van der Waals surface area contributed by atoms with Crippen LogP contribution in [0.5, 0.6) is 5.75 Å². The number of sulfonamides is 1. The second kappa shape index (κ2) is 8.83. The fourth-order valence-corrected chi connectivity index (χ4v) is 4.61. The lowest BCUT2D eigenvalue weighted by Crippen LogP contribution is -2.50. The summed E-state index contributed by atoms with van der Waals surface area (Å²) in [6.07, 6.45) is 0.0814. The van der Waals surface area contributed by atoms with E-state index in [0.717, 1.165) is 4.31 Å². The van der Waals surface area contributed by atoms with Gasteiger partial charge in [-0.15, -0.1) is 0 Å². The van der Waals surface area contributed by atoms with E-state index in [1.807, 2.05) is 0 Å². The van der Waals surface area contributed by atoms with Crippen LogP contribution in [0, 0.1) is 5.82 Å². The zero-order valence-corrected chi connectivity index (χ0v) is 16.1. The zero-order chi connectivity index (χ0) is 21.0. The number of hydrogen-bond donors (Lipinski definition) is 0. The molecule has 0 aliphatic carbocycles. The molecule has 1 heterocycles. The van der Waals surface area contributed by atoms with Crippen molar-refractivity contribution in [3.63, 3.8) is 0 Å². The average Bonchev–Trinajstić information content (AvgIpc) is 2.69. The molecule has 3 rings (SSSR count). The number of piperazine rings is 1. The number of ether oxygens (including phenoxy) is 1. The first-order chi connectivity index (χ1) is 13.8. The van der Waals surface area contributed by atoms with Gasteiger partial charge >= 0.3 is 6.61 Å². The van der Waals surface area contributed by atoms with Crippen LogP contribution in [-0.2, 0) is 21.2 Å². The van der Waals surface area contributed by atoms with E-state index in [-0.39, 0.29) is 43.4 Å². The Labute approximate surface area is 166 Å². The highest BCUT2D eigenvalue weighted by Gasteiger charge is 2.32. The minimum absolute atomic E-state index is 0.0283. The molecule has 1 fully saturated rings. The number of benzene rings is 2. The fraction of sp³-hybridized carbons (Fsp3) is 0.316. The highest BCUT2D eigenvalue weighted by molar-refractivity contribution is 7.89. The molecule has 29 heavy (non-hydrogen) atoms. The van der Waals surface area contributed by atoms with Gasteiger partial charge in [-0.05, 0) is 29.8 Å². The highest BCUT2D eigenvalue weighted by atomic mass is 32.2. The molecule has 1 aliphatic heterocycles. The molecular formula is C19H19F3N2O4S. The van der Waals surface area contributed by atoms with Gasteiger partial charge in [-0.2, -0.15) is 13.1 Å². The maximum absolute atomic E-state index is 13.0. The molecule has 2 aromatic rings. The molecule has 0 aromatic heterocycles. The Morgan fingerprint density at radius 1 is 1.00 bits per heavy atom. The van der Waals surface area contributed by atoms with E-state index in [4.69, 9.17) is 0 Å². The van der Waals surface area contributed by atoms with E-state index in [2.05, 4.69) is 4.74 Å². The Balaban J connectivity index is 1.65. The molecule has 0 saturated carbocycles. The van der Waals surface area contributed by atoms with Crippen LogP contribution in [0.2, 0.25) is 0 Å². The van der Waals surface area contributed by atoms with Gasteiger partial charge in [0.1, 0.15) is 16.5 Å². The lowest BCUT2D eigenvalue weighted by atomic mass is 10.1. The molecule has 6 nitrogen and oxygen atoms in total. The Hall–Kier alpha value is -2.59. The maximum Gasteiger partial charge on any atom is 0.387 e. The Morgan fingerprint density at radius 3 is 2.24 bits per heavy atom. The summed E-state index contributed by atoms with van der Waals surface area (Å²) in [4.78, 5) is 13.6. The second-order valence-corrected chi connectivity index (χ2v) is 8.32. The van der Waals surface area contributed by atoms with Crippen LogP contribution in [0.4, 0.5) is 13.2 Å². The first-order valence-electron chi connectivity index (χ1n) is 8.83. The maximum atomic E-state index is 13.0. The number of halogens is 3. The number of alkyl halides is 2. The molecule has 0 unspecified atom stereocenters. The Morgan fingerprint density at radius 2 is 1.62 bits per heavy atom. The monoisotopic (exact) mass is 428 g/mol. The number of para-hydroxylation sites is 1.